The summed E-state index contributed by atoms with van der Waals surface area (Å²) in [5.74, 6) is 0. The average molecular weight is 214 g/mol. The van der Waals surface area contributed by atoms with Gasteiger partial charge in [-0.2, -0.15) is 0 Å². The number of likely N-dealkylation sites (tertiary alicyclic amines) is 1. The van der Waals surface area contributed by atoms with E-state index in [2.05, 4.69) is 5.32 Å². The van der Waals surface area contributed by atoms with Crippen LogP contribution in [0.5, 0.6) is 0 Å². The molecule has 1 amide bonds. The van der Waals surface area contributed by atoms with Crippen molar-refractivity contribution in [3.63, 3.8) is 0 Å². The summed E-state index contributed by atoms with van der Waals surface area (Å²) in [6, 6.07) is 0. The molecule has 2 heterocycles. The van der Waals surface area contributed by atoms with Gasteiger partial charge in [0.25, 0.3) is 0 Å². The average Bonchev–Trinajstić information content (AvgIpc) is 2.00. The van der Waals surface area contributed by atoms with Crippen LogP contribution in [0.3, 0.4) is 0 Å². The van der Waals surface area contributed by atoms with Gasteiger partial charge >= 0.3 is 0 Å². The molecule has 0 radical (unpaired) electrons. The quantitative estimate of drug-likeness (QED) is 0.646. The zero-order valence-corrected chi connectivity index (χ0v) is 10.2. The lowest BCUT2D eigenvalue weighted by molar-refractivity contribution is -0.132. The van der Waals surface area contributed by atoms with Crippen LogP contribution < -0.4 is 5.32 Å². The van der Waals surface area contributed by atoms with Crippen molar-refractivity contribution >= 4 is 6.41 Å². The van der Waals surface area contributed by atoms with Gasteiger partial charge in [0.15, 0.2) is 0 Å². The highest BCUT2D eigenvalue weighted by molar-refractivity contribution is 5.49. The number of nitrogens with zero attached hydrogens (tertiary/aromatic N) is 1. The van der Waals surface area contributed by atoms with Crippen LogP contribution in [0.25, 0.3) is 0 Å². The molecule has 2 aliphatic rings. The van der Waals surface area contributed by atoms with Gasteiger partial charge in [-0.15, -0.1) is 0 Å². The molecule has 0 saturated carbocycles. The van der Waals surface area contributed by atoms with Gasteiger partial charge in [-0.25, -0.2) is 0 Å². The van der Waals surface area contributed by atoms with Crippen LogP contribution >= 0.6 is 0 Å². The van der Waals surface area contributed by atoms with E-state index >= 15 is 0 Å². The van der Waals surface area contributed by atoms with Crippen molar-refractivity contribution < 1.29 is 9.53 Å². The molecular weight excluding hydrogens is 192 g/mol. The molecule has 0 unspecified atom stereocenters. The summed E-state index contributed by atoms with van der Waals surface area (Å²) in [4.78, 5) is 11.9. The first-order valence-electron chi connectivity index (χ1n) is 5.36. The number of carbonyl (C=O) groups excluding carboxylic acids is 1. The summed E-state index contributed by atoms with van der Waals surface area (Å²) in [6.45, 7) is 10.2. The van der Waals surface area contributed by atoms with Crippen molar-refractivity contribution in [2.75, 3.05) is 33.3 Å². The highest BCUT2D eigenvalue weighted by atomic mass is 16.5. The van der Waals surface area contributed by atoms with Gasteiger partial charge in [-0.05, 0) is 20.8 Å². The maximum Gasteiger partial charge on any atom is 0.209 e. The monoisotopic (exact) mass is 214 g/mol. The second kappa shape index (κ2) is 4.49. The number of ether oxygens (including phenoxy) is 1. The zero-order chi connectivity index (χ0) is 11.5. The Morgan fingerprint density at radius 3 is 2.00 bits per heavy atom. The first kappa shape index (κ1) is 12.5. The first-order chi connectivity index (χ1) is 6.91. The van der Waals surface area contributed by atoms with Crippen molar-refractivity contribution in [1.82, 2.24) is 10.2 Å². The molecule has 0 atom stereocenters. The van der Waals surface area contributed by atoms with Gasteiger partial charge in [-0.1, -0.05) is 0 Å². The van der Waals surface area contributed by atoms with Crippen LogP contribution in [0.15, 0.2) is 0 Å². The Kier molecular flexibility index (Phi) is 3.73. The van der Waals surface area contributed by atoms with Crippen molar-refractivity contribution in [3.05, 3.63) is 0 Å². The van der Waals surface area contributed by atoms with E-state index in [-0.39, 0.29) is 5.60 Å². The zero-order valence-electron chi connectivity index (χ0n) is 10.2. The molecule has 0 aromatic rings. The summed E-state index contributed by atoms with van der Waals surface area (Å²) in [5, 5.41) is 3.21. The minimum absolute atomic E-state index is 0.0417. The molecule has 4 heteroatoms. The third-order valence-corrected chi connectivity index (χ3v) is 2.84. The molecule has 2 fully saturated rings. The van der Waals surface area contributed by atoms with Gasteiger partial charge in [0.05, 0.1) is 5.60 Å². The highest BCUT2D eigenvalue weighted by Crippen LogP contribution is 2.32. The van der Waals surface area contributed by atoms with Crippen LogP contribution in [0, 0.1) is 5.41 Å². The predicted molar refractivity (Wildman–Crippen MR) is 59.7 cm³/mol. The van der Waals surface area contributed by atoms with Gasteiger partial charge in [0, 0.05) is 38.7 Å². The third-order valence-electron chi connectivity index (χ3n) is 2.84. The molecule has 1 N–H and O–H groups in total. The fourth-order valence-corrected chi connectivity index (χ4v) is 1.59. The van der Waals surface area contributed by atoms with E-state index in [0.717, 1.165) is 32.6 Å². The van der Waals surface area contributed by atoms with E-state index in [4.69, 9.17) is 4.74 Å². The molecule has 0 aromatic carbocycles. The lowest BCUT2D eigenvalue weighted by Crippen LogP contribution is -2.70. The SMILES string of the molecule is COC(C)(C)C.O=CN1CC2(CNC2)C1. The fourth-order valence-electron chi connectivity index (χ4n) is 1.59. The number of nitrogens with one attached hydrogen (secondary N) is 1. The Morgan fingerprint density at radius 2 is 1.80 bits per heavy atom. The molecular formula is C11H22N2O2. The normalized spacial score (nSPS) is 22.3. The lowest BCUT2D eigenvalue weighted by Gasteiger charge is -2.54. The molecule has 0 bridgehead atoms. The van der Waals surface area contributed by atoms with E-state index in [9.17, 15) is 4.79 Å². The first-order valence-corrected chi connectivity index (χ1v) is 5.36. The molecule has 2 saturated heterocycles. The smallest absolute Gasteiger partial charge is 0.209 e. The minimum atomic E-state index is 0.0417. The Bertz CT molecular complexity index is 211. The molecule has 0 aromatic heterocycles. The van der Waals surface area contributed by atoms with Gasteiger partial charge in [0.2, 0.25) is 6.41 Å². The van der Waals surface area contributed by atoms with Crippen molar-refractivity contribution in [3.8, 4) is 0 Å². The number of carbonyl (C=O) groups is 1. The number of amides is 1. The topological polar surface area (TPSA) is 41.6 Å². The van der Waals surface area contributed by atoms with Crippen molar-refractivity contribution in [1.29, 1.82) is 0 Å². The summed E-state index contributed by atoms with van der Waals surface area (Å²) in [5.41, 5.74) is 0.543. The van der Waals surface area contributed by atoms with E-state index in [1.807, 2.05) is 25.7 Å². The maximum absolute atomic E-state index is 10.1. The molecule has 2 aliphatic heterocycles. The number of rotatable bonds is 1. The summed E-state index contributed by atoms with van der Waals surface area (Å²) in [6.07, 6.45) is 0.934. The summed E-state index contributed by atoms with van der Waals surface area (Å²) >= 11 is 0. The standard InChI is InChI=1S/C6H10N2O.C5H12O/c9-5-8-3-6(4-8)1-7-2-6;1-5(2,3)6-4/h5,7H,1-4H2;1-4H3. The Hall–Kier alpha value is -0.610. The molecule has 2 rings (SSSR count). The van der Waals surface area contributed by atoms with Crippen LogP contribution in [-0.4, -0.2) is 50.2 Å². The number of hydrogen-bond acceptors (Lipinski definition) is 3. The van der Waals surface area contributed by atoms with Crippen LogP contribution in [0.4, 0.5) is 0 Å². The van der Waals surface area contributed by atoms with Gasteiger partial charge in [0.1, 0.15) is 0 Å². The number of hydrogen-bond donors (Lipinski definition) is 1. The Balaban J connectivity index is 0.000000167. The summed E-state index contributed by atoms with van der Waals surface area (Å²) < 4.78 is 4.94. The van der Waals surface area contributed by atoms with E-state index < -0.39 is 0 Å². The van der Waals surface area contributed by atoms with Crippen LogP contribution in [0.2, 0.25) is 0 Å². The van der Waals surface area contributed by atoms with Crippen molar-refractivity contribution in [2.45, 2.75) is 26.4 Å². The molecule has 88 valence electrons. The predicted octanol–water partition coefficient (Wildman–Crippen LogP) is 0.479. The molecule has 4 nitrogen and oxygen atoms in total. The number of methoxy groups -OCH3 is 1. The van der Waals surface area contributed by atoms with Crippen LogP contribution in [0.1, 0.15) is 20.8 Å². The van der Waals surface area contributed by atoms with E-state index in [1.165, 1.54) is 0 Å². The molecule has 15 heavy (non-hydrogen) atoms. The third kappa shape index (κ3) is 3.47. The largest absolute Gasteiger partial charge is 0.379 e. The lowest BCUT2D eigenvalue weighted by atomic mass is 9.75. The highest BCUT2D eigenvalue weighted by Gasteiger charge is 2.46. The van der Waals surface area contributed by atoms with Crippen LogP contribution in [-0.2, 0) is 9.53 Å². The van der Waals surface area contributed by atoms with Crippen molar-refractivity contribution in [2.24, 2.45) is 5.41 Å². The van der Waals surface area contributed by atoms with Gasteiger partial charge < -0.3 is 15.0 Å². The van der Waals surface area contributed by atoms with E-state index in [1.54, 1.807) is 7.11 Å². The Morgan fingerprint density at radius 1 is 1.33 bits per heavy atom. The Labute approximate surface area is 92.0 Å². The van der Waals surface area contributed by atoms with E-state index in [0.29, 0.717) is 5.41 Å². The second-order valence-electron chi connectivity index (χ2n) is 5.43. The molecule has 0 aliphatic carbocycles. The summed E-state index contributed by atoms with van der Waals surface area (Å²) in [7, 11) is 1.71. The minimum Gasteiger partial charge on any atom is -0.379 e. The second-order valence-corrected chi connectivity index (χ2v) is 5.43. The maximum atomic E-state index is 10.1. The van der Waals surface area contributed by atoms with Gasteiger partial charge in [-0.3, -0.25) is 4.79 Å². The fraction of sp³-hybridized carbons (Fsp3) is 0.909. The molecule has 1 spiro atoms.